The van der Waals surface area contributed by atoms with E-state index < -0.39 is 17.7 Å². The molecule has 0 heterocycles. The number of nitrogens with zero attached hydrogens (tertiary/aromatic N) is 1. The van der Waals surface area contributed by atoms with E-state index in [1.807, 2.05) is 27.7 Å². The van der Waals surface area contributed by atoms with Crippen LogP contribution in [0.3, 0.4) is 0 Å². The van der Waals surface area contributed by atoms with Crippen LogP contribution in [0.5, 0.6) is 0 Å². The van der Waals surface area contributed by atoms with Gasteiger partial charge in [-0.25, -0.2) is 4.79 Å². The highest BCUT2D eigenvalue weighted by molar-refractivity contribution is 6.36. The van der Waals surface area contributed by atoms with Gasteiger partial charge in [0.25, 0.3) is 5.91 Å². The second-order valence-electron chi connectivity index (χ2n) is 6.81. The molecular formula is C19H32N2O5. The van der Waals surface area contributed by atoms with E-state index in [2.05, 4.69) is 16.8 Å². The molecule has 0 aromatic rings. The van der Waals surface area contributed by atoms with Gasteiger partial charge in [0.2, 0.25) is 5.78 Å². The first-order chi connectivity index (χ1) is 12.1. The Morgan fingerprint density at radius 2 is 1.58 bits per heavy atom. The lowest BCUT2D eigenvalue weighted by Crippen LogP contribution is -2.40. The van der Waals surface area contributed by atoms with Gasteiger partial charge >= 0.3 is 5.97 Å². The highest BCUT2D eigenvalue weighted by atomic mass is 16.5. The molecule has 1 N–H and O–H groups in total. The zero-order valence-corrected chi connectivity index (χ0v) is 16.6. The van der Waals surface area contributed by atoms with Crippen LogP contribution in [0.4, 0.5) is 0 Å². The van der Waals surface area contributed by atoms with Gasteiger partial charge in [-0.05, 0) is 34.6 Å². The number of carbonyl (C=O) groups excluding carboxylic acids is 4. The summed E-state index contributed by atoms with van der Waals surface area (Å²) in [5.41, 5.74) is 0.275. The molecule has 0 rings (SSSR count). The zero-order valence-electron chi connectivity index (χ0n) is 16.6. The van der Waals surface area contributed by atoms with Crippen LogP contribution < -0.4 is 5.32 Å². The Balaban J connectivity index is 4.03. The lowest BCUT2D eigenvalue weighted by Gasteiger charge is -2.30. The van der Waals surface area contributed by atoms with Gasteiger partial charge in [0, 0.05) is 50.0 Å². The monoisotopic (exact) mass is 368 g/mol. The molecule has 0 aliphatic heterocycles. The maximum atomic E-state index is 11.9. The van der Waals surface area contributed by atoms with Crippen LogP contribution in [0, 0.1) is 0 Å². The standard InChI is InChI=1S/C19H32N2O5/c1-13(2)19(25)26-12-9-16(22)7-10-20-18(24)17(23)8-11-21(14(3)4)15(5)6/h14-15H,1,7-12H2,2-6H3,(H,20,24). The van der Waals surface area contributed by atoms with Gasteiger partial charge in [-0.15, -0.1) is 0 Å². The molecule has 7 nitrogen and oxygen atoms in total. The van der Waals surface area contributed by atoms with E-state index in [1.165, 1.54) is 6.92 Å². The number of ketones is 2. The molecule has 0 unspecified atom stereocenters. The summed E-state index contributed by atoms with van der Waals surface area (Å²) in [6.07, 6.45) is 0.307. The topological polar surface area (TPSA) is 92.8 Å². The van der Waals surface area contributed by atoms with Crippen molar-refractivity contribution in [2.45, 2.75) is 66.0 Å². The molecule has 148 valence electrons. The lowest BCUT2D eigenvalue weighted by molar-refractivity contribution is -0.139. The Hall–Kier alpha value is -2.02. The van der Waals surface area contributed by atoms with Crippen molar-refractivity contribution in [3.63, 3.8) is 0 Å². The quantitative estimate of drug-likeness (QED) is 0.302. The van der Waals surface area contributed by atoms with Gasteiger partial charge < -0.3 is 10.1 Å². The van der Waals surface area contributed by atoms with Gasteiger partial charge in [-0.3, -0.25) is 19.3 Å². The predicted molar refractivity (Wildman–Crippen MR) is 99.6 cm³/mol. The van der Waals surface area contributed by atoms with Gasteiger partial charge in [-0.1, -0.05) is 6.58 Å². The molecule has 0 saturated carbocycles. The Bertz CT molecular complexity index is 518. The number of Topliss-reactive ketones (excluding diaryl/α,β-unsaturated/α-hetero) is 2. The minimum absolute atomic E-state index is 0.0162. The molecule has 0 spiro atoms. The number of amides is 1. The fourth-order valence-corrected chi connectivity index (χ4v) is 2.38. The molecule has 0 aromatic carbocycles. The van der Waals surface area contributed by atoms with Gasteiger partial charge in [-0.2, -0.15) is 0 Å². The van der Waals surface area contributed by atoms with Crippen molar-refractivity contribution >= 4 is 23.4 Å². The Labute approximate surface area is 156 Å². The number of hydrogen-bond acceptors (Lipinski definition) is 6. The van der Waals surface area contributed by atoms with Crippen LogP contribution in [0.2, 0.25) is 0 Å². The van der Waals surface area contributed by atoms with Crippen LogP contribution in [0.15, 0.2) is 12.2 Å². The Kier molecular flexibility index (Phi) is 11.4. The van der Waals surface area contributed by atoms with Gasteiger partial charge in [0.05, 0.1) is 6.61 Å². The molecule has 0 fully saturated rings. The van der Waals surface area contributed by atoms with E-state index in [9.17, 15) is 19.2 Å². The lowest BCUT2D eigenvalue weighted by atomic mass is 10.1. The molecule has 26 heavy (non-hydrogen) atoms. The number of ether oxygens (including phenoxy) is 1. The summed E-state index contributed by atoms with van der Waals surface area (Å²) in [6, 6.07) is 0.588. The third-order valence-corrected chi connectivity index (χ3v) is 3.83. The first-order valence-electron chi connectivity index (χ1n) is 8.97. The molecule has 0 aliphatic rings. The van der Waals surface area contributed by atoms with Crippen LogP contribution in [-0.2, 0) is 23.9 Å². The number of esters is 1. The van der Waals surface area contributed by atoms with Gasteiger partial charge in [0.1, 0.15) is 5.78 Å². The maximum Gasteiger partial charge on any atom is 0.333 e. The van der Waals surface area contributed by atoms with Crippen molar-refractivity contribution < 1.29 is 23.9 Å². The molecule has 0 aliphatic carbocycles. The summed E-state index contributed by atoms with van der Waals surface area (Å²) in [4.78, 5) is 48.6. The average molecular weight is 368 g/mol. The highest BCUT2D eigenvalue weighted by Crippen LogP contribution is 2.06. The fourth-order valence-electron chi connectivity index (χ4n) is 2.38. The largest absolute Gasteiger partial charge is 0.462 e. The van der Waals surface area contributed by atoms with Crippen molar-refractivity contribution in [3.8, 4) is 0 Å². The average Bonchev–Trinajstić information content (AvgIpc) is 2.53. The molecular weight excluding hydrogens is 336 g/mol. The van der Waals surface area contributed by atoms with E-state index in [0.717, 1.165) is 0 Å². The summed E-state index contributed by atoms with van der Waals surface area (Å²) in [7, 11) is 0. The number of nitrogens with one attached hydrogen (secondary N) is 1. The molecule has 0 bridgehead atoms. The minimum atomic E-state index is -0.668. The number of carbonyl (C=O) groups is 4. The smallest absolute Gasteiger partial charge is 0.333 e. The van der Waals surface area contributed by atoms with Gasteiger partial charge in [0.15, 0.2) is 0 Å². The molecule has 1 amide bonds. The second kappa shape index (κ2) is 12.4. The van der Waals surface area contributed by atoms with Crippen molar-refractivity contribution in [1.29, 1.82) is 0 Å². The molecule has 7 heteroatoms. The van der Waals surface area contributed by atoms with E-state index in [1.54, 1.807) is 0 Å². The van der Waals surface area contributed by atoms with E-state index in [4.69, 9.17) is 4.74 Å². The Morgan fingerprint density at radius 1 is 1.00 bits per heavy atom. The summed E-state index contributed by atoms with van der Waals surface area (Å²) in [5.74, 6) is -1.84. The highest BCUT2D eigenvalue weighted by Gasteiger charge is 2.18. The maximum absolute atomic E-state index is 11.9. The first-order valence-corrected chi connectivity index (χ1v) is 8.97. The predicted octanol–water partition coefficient (Wildman–Crippen LogP) is 1.65. The summed E-state index contributed by atoms with van der Waals surface area (Å²) >= 11 is 0. The van der Waals surface area contributed by atoms with Crippen LogP contribution in [0.25, 0.3) is 0 Å². The van der Waals surface area contributed by atoms with E-state index in [0.29, 0.717) is 18.6 Å². The number of rotatable bonds is 13. The van der Waals surface area contributed by atoms with Crippen LogP contribution >= 0.6 is 0 Å². The zero-order chi connectivity index (χ0) is 20.3. The van der Waals surface area contributed by atoms with Crippen molar-refractivity contribution in [3.05, 3.63) is 12.2 Å². The first kappa shape index (κ1) is 24.0. The molecule has 0 saturated heterocycles. The second-order valence-corrected chi connectivity index (χ2v) is 6.81. The van der Waals surface area contributed by atoms with Crippen molar-refractivity contribution in [2.75, 3.05) is 19.7 Å². The normalized spacial score (nSPS) is 10.9. The molecule has 0 atom stereocenters. The van der Waals surface area contributed by atoms with Crippen LogP contribution in [-0.4, -0.2) is 60.1 Å². The minimum Gasteiger partial charge on any atom is -0.462 e. The van der Waals surface area contributed by atoms with Crippen molar-refractivity contribution in [2.24, 2.45) is 0 Å². The number of hydrogen-bond donors (Lipinski definition) is 1. The van der Waals surface area contributed by atoms with E-state index >= 15 is 0 Å². The fraction of sp³-hybridized carbons (Fsp3) is 0.684. The third-order valence-electron chi connectivity index (χ3n) is 3.83. The summed E-state index contributed by atoms with van der Waals surface area (Å²) < 4.78 is 4.83. The van der Waals surface area contributed by atoms with Crippen LogP contribution in [0.1, 0.15) is 53.9 Å². The van der Waals surface area contributed by atoms with E-state index in [-0.39, 0.29) is 43.8 Å². The third kappa shape index (κ3) is 10.1. The SMILES string of the molecule is C=C(C)C(=O)OCCC(=O)CCNC(=O)C(=O)CCN(C(C)C)C(C)C. The Morgan fingerprint density at radius 3 is 2.08 bits per heavy atom. The summed E-state index contributed by atoms with van der Waals surface area (Å²) in [6.45, 7) is 13.7. The molecule has 0 radical (unpaired) electrons. The summed E-state index contributed by atoms with van der Waals surface area (Å²) in [5, 5.41) is 2.46. The van der Waals surface area contributed by atoms with Crippen molar-refractivity contribution in [1.82, 2.24) is 10.2 Å². The molecule has 0 aromatic heterocycles.